The number of methoxy groups -OCH3 is 1. The van der Waals surface area contributed by atoms with E-state index in [1.807, 2.05) is 19.1 Å². The first-order valence-electron chi connectivity index (χ1n) is 6.75. The van der Waals surface area contributed by atoms with Gasteiger partial charge < -0.3 is 15.4 Å². The van der Waals surface area contributed by atoms with Crippen molar-refractivity contribution in [3.63, 3.8) is 0 Å². The van der Waals surface area contributed by atoms with Crippen molar-refractivity contribution in [1.82, 2.24) is 0 Å². The molecule has 0 radical (unpaired) electrons. The molecule has 0 amide bonds. The summed E-state index contributed by atoms with van der Waals surface area (Å²) in [5.41, 5.74) is 8.35. The lowest BCUT2D eigenvalue weighted by atomic mass is 10.0. The summed E-state index contributed by atoms with van der Waals surface area (Å²) in [5.74, 6) is 0.879. The summed E-state index contributed by atoms with van der Waals surface area (Å²) < 4.78 is 5.42. The monoisotopic (exact) mass is 250 g/mol. The van der Waals surface area contributed by atoms with E-state index in [-0.39, 0.29) is 6.04 Å². The summed E-state index contributed by atoms with van der Waals surface area (Å²) in [6.45, 7) is 5.28. The molecule has 0 saturated carbocycles. The molecule has 2 N–H and O–H groups in total. The molecule has 0 aromatic heterocycles. The predicted octanol–water partition coefficient (Wildman–Crippen LogP) is 3.34. The van der Waals surface area contributed by atoms with E-state index in [1.54, 1.807) is 7.11 Å². The Kier molecular flexibility index (Phi) is 5.99. The van der Waals surface area contributed by atoms with Gasteiger partial charge in [0.1, 0.15) is 5.75 Å². The van der Waals surface area contributed by atoms with Crippen LogP contribution in [0, 0.1) is 0 Å². The third-order valence-electron chi connectivity index (χ3n) is 3.23. The SMILES string of the molecule is CCCCCN(C)c1cccc(OC)c1C(C)N. The first-order valence-corrected chi connectivity index (χ1v) is 6.75. The minimum absolute atomic E-state index is 0.0234. The Morgan fingerprint density at radius 2 is 2.06 bits per heavy atom. The Balaban J connectivity index is 2.92. The van der Waals surface area contributed by atoms with Crippen molar-refractivity contribution in [2.24, 2.45) is 5.73 Å². The van der Waals surface area contributed by atoms with Gasteiger partial charge in [-0.1, -0.05) is 25.8 Å². The molecule has 1 unspecified atom stereocenters. The second kappa shape index (κ2) is 7.27. The molecule has 1 rings (SSSR count). The summed E-state index contributed by atoms with van der Waals surface area (Å²) >= 11 is 0. The zero-order chi connectivity index (χ0) is 13.5. The Morgan fingerprint density at radius 1 is 1.33 bits per heavy atom. The third-order valence-corrected chi connectivity index (χ3v) is 3.23. The average molecular weight is 250 g/mol. The summed E-state index contributed by atoms with van der Waals surface area (Å²) in [4.78, 5) is 2.27. The van der Waals surface area contributed by atoms with Gasteiger partial charge in [0.05, 0.1) is 7.11 Å². The number of ether oxygens (including phenoxy) is 1. The molecule has 0 aliphatic rings. The van der Waals surface area contributed by atoms with Gasteiger partial charge in [0.15, 0.2) is 0 Å². The largest absolute Gasteiger partial charge is 0.496 e. The summed E-state index contributed by atoms with van der Waals surface area (Å²) in [6, 6.07) is 6.09. The van der Waals surface area contributed by atoms with Crippen molar-refractivity contribution in [1.29, 1.82) is 0 Å². The van der Waals surface area contributed by atoms with Crippen molar-refractivity contribution in [2.75, 3.05) is 25.6 Å². The highest BCUT2D eigenvalue weighted by Gasteiger charge is 2.15. The summed E-state index contributed by atoms with van der Waals surface area (Å²) in [5, 5.41) is 0. The van der Waals surface area contributed by atoms with Crippen LogP contribution in [-0.4, -0.2) is 20.7 Å². The van der Waals surface area contributed by atoms with Gasteiger partial charge in [-0.15, -0.1) is 0 Å². The zero-order valence-corrected chi connectivity index (χ0v) is 12.1. The lowest BCUT2D eigenvalue weighted by molar-refractivity contribution is 0.407. The summed E-state index contributed by atoms with van der Waals surface area (Å²) in [6.07, 6.45) is 3.72. The molecular formula is C15H26N2O. The van der Waals surface area contributed by atoms with Crippen molar-refractivity contribution in [2.45, 2.75) is 39.2 Å². The van der Waals surface area contributed by atoms with Crippen LogP contribution < -0.4 is 15.4 Å². The van der Waals surface area contributed by atoms with E-state index in [1.165, 1.54) is 24.9 Å². The van der Waals surface area contributed by atoms with Crippen LogP contribution in [-0.2, 0) is 0 Å². The van der Waals surface area contributed by atoms with Crippen LogP contribution in [0.4, 0.5) is 5.69 Å². The topological polar surface area (TPSA) is 38.5 Å². The lowest BCUT2D eigenvalue weighted by Crippen LogP contribution is -2.22. The second-order valence-corrected chi connectivity index (χ2v) is 4.81. The maximum atomic E-state index is 6.08. The maximum Gasteiger partial charge on any atom is 0.125 e. The lowest BCUT2D eigenvalue weighted by Gasteiger charge is -2.25. The first kappa shape index (κ1) is 14.8. The molecule has 1 aromatic rings. The van der Waals surface area contributed by atoms with E-state index >= 15 is 0 Å². The number of rotatable bonds is 7. The Morgan fingerprint density at radius 3 is 2.61 bits per heavy atom. The fourth-order valence-electron chi connectivity index (χ4n) is 2.22. The van der Waals surface area contributed by atoms with Gasteiger partial charge in [-0.3, -0.25) is 0 Å². The number of benzene rings is 1. The molecular weight excluding hydrogens is 224 g/mol. The summed E-state index contributed by atoms with van der Waals surface area (Å²) in [7, 11) is 3.82. The maximum absolute atomic E-state index is 6.08. The van der Waals surface area contributed by atoms with Crippen molar-refractivity contribution < 1.29 is 4.74 Å². The van der Waals surface area contributed by atoms with Crippen molar-refractivity contribution in [3.8, 4) is 5.75 Å². The number of unbranched alkanes of at least 4 members (excludes halogenated alkanes) is 2. The average Bonchev–Trinajstić information content (AvgIpc) is 2.37. The highest BCUT2D eigenvalue weighted by molar-refractivity contribution is 5.60. The van der Waals surface area contributed by atoms with E-state index in [2.05, 4.69) is 24.9 Å². The molecule has 0 aliphatic heterocycles. The van der Waals surface area contributed by atoms with E-state index < -0.39 is 0 Å². The predicted molar refractivity (Wildman–Crippen MR) is 78.4 cm³/mol. The van der Waals surface area contributed by atoms with Gasteiger partial charge in [0, 0.05) is 30.9 Å². The van der Waals surface area contributed by atoms with Gasteiger partial charge in [-0.2, -0.15) is 0 Å². The minimum Gasteiger partial charge on any atom is -0.496 e. The highest BCUT2D eigenvalue weighted by atomic mass is 16.5. The zero-order valence-electron chi connectivity index (χ0n) is 12.1. The van der Waals surface area contributed by atoms with Crippen LogP contribution in [0.1, 0.15) is 44.7 Å². The Bertz CT molecular complexity index is 364. The van der Waals surface area contributed by atoms with E-state index in [0.717, 1.165) is 17.9 Å². The number of hydrogen-bond acceptors (Lipinski definition) is 3. The van der Waals surface area contributed by atoms with Gasteiger partial charge >= 0.3 is 0 Å². The van der Waals surface area contributed by atoms with Crippen LogP contribution in [0.2, 0.25) is 0 Å². The fourth-order valence-corrected chi connectivity index (χ4v) is 2.22. The fraction of sp³-hybridized carbons (Fsp3) is 0.600. The number of hydrogen-bond donors (Lipinski definition) is 1. The third kappa shape index (κ3) is 3.64. The number of anilines is 1. The van der Waals surface area contributed by atoms with E-state index in [0.29, 0.717) is 0 Å². The van der Waals surface area contributed by atoms with Crippen LogP contribution in [0.5, 0.6) is 5.75 Å². The molecule has 18 heavy (non-hydrogen) atoms. The van der Waals surface area contributed by atoms with Crippen LogP contribution >= 0.6 is 0 Å². The standard InChI is InChI=1S/C15H26N2O/c1-5-6-7-11-17(3)13-9-8-10-14(18-4)15(13)12(2)16/h8-10,12H,5-7,11,16H2,1-4H3. The molecule has 0 heterocycles. The molecule has 1 atom stereocenters. The van der Waals surface area contributed by atoms with E-state index in [4.69, 9.17) is 10.5 Å². The van der Waals surface area contributed by atoms with Gasteiger partial charge in [-0.25, -0.2) is 0 Å². The molecule has 0 bridgehead atoms. The van der Waals surface area contributed by atoms with Gasteiger partial charge in [0.2, 0.25) is 0 Å². The second-order valence-electron chi connectivity index (χ2n) is 4.81. The molecule has 0 fully saturated rings. The number of nitrogens with two attached hydrogens (primary N) is 1. The Labute approximate surface area is 111 Å². The van der Waals surface area contributed by atoms with Crippen LogP contribution in [0.25, 0.3) is 0 Å². The van der Waals surface area contributed by atoms with Crippen LogP contribution in [0.3, 0.4) is 0 Å². The smallest absolute Gasteiger partial charge is 0.125 e. The quantitative estimate of drug-likeness (QED) is 0.754. The highest BCUT2D eigenvalue weighted by Crippen LogP contribution is 2.33. The normalized spacial score (nSPS) is 12.3. The molecule has 102 valence electrons. The van der Waals surface area contributed by atoms with Crippen LogP contribution in [0.15, 0.2) is 18.2 Å². The Hall–Kier alpha value is -1.22. The van der Waals surface area contributed by atoms with Gasteiger partial charge in [0.25, 0.3) is 0 Å². The van der Waals surface area contributed by atoms with Crippen molar-refractivity contribution in [3.05, 3.63) is 23.8 Å². The number of nitrogens with zero attached hydrogens (tertiary/aromatic N) is 1. The molecule has 1 aromatic carbocycles. The molecule has 0 spiro atoms. The molecule has 3 nitrogen and oxygen atoms in total. The van der Waals surface area contributed by atoms with E-state index in [9.17, 15) is 0 Å². The van der Waals surface area contributed by atoms with Crippen molar-refractivity contribution >= 4 is 5.69 Å². The van der Waals surface area contributed by atoms with Gasteiger partial charge in [-0.05, 0) is 25.5 Å². The first-order chi connectivity index (χ1) is 8.61. The minimum atomic E-state index is -0.0234. The molecule has 0 aliphatic carbocycles. The molecule has 3 heteroatoms. The molecule has 0 saturated heterocycles.